The van der Waals surface area contributed by atoms with Crippen molar-refractivity contribution < 1.29 is 57.5 Å². The van der Waals surface area contributed by atoms with Crippen molar-refractivity contribution in [3.8, 4) is 0 Å². The summed E-state index contributed by atoms with van der Waals surface area (Å²) in [6.07, 6.45) is -0.697. The van der Waals surface area contributed by atoms with Gasteiger partial charge in [-0.3, -0.25) is 92.5 Å². The highest BCUT2D eigenvalue weighted by molar-refractivity contribution is 5.99. The Labute approximate surface area is 631 Å². The van der Waals surface area contributed by atoms with E-state index in [0.29, 0.717) is 5.56 Å². The van der Waals surface area contributed by atoms with Crippen LogP contribution in [0.4, 0.5) is 0 Å². The number of nitrogens with zero attached hydrogens (tertiary/aromatic N) is 7. The zero-order valence-corrected chi connectivity index (χ0v) is 62.1. The van der Waals surface area contributed by atoms with Gasteiger partial charge in [0.2, 0.25) is 70.9 Å². The summed E-state index contributed by atoms with van der Waals surface area (Å²) < 4.78 is 0. The minimum Gasteiger partial charge on any atom is -0.370 e. The first-order chi connectivity index (χ1) is 51.3. The standard InChI is InChI=1S/C63H116N34O12/c1-32(64)46(99)90-37(17-8-24-80-57(66)67)50(103)88-35(4)48(101)92-40(20-11-27-83-60(72)73)52(105)93-41(21-12-28-84-61(74)75)53(106)94-42(22-13-29-85-62(76)77)54(107)95-43(23-14-30-86-63(78)79)55(108)97-44(31-36-15-6-5-7-16-36)56(109)96-39(19-10-26-82-59(70)71)51(104)89-34(3)47(100)91-38(18-9-25-81-58(68)69)49(102)87-33(2)45(65)98/h5-7,15-16,32-35,37-44H,8-14,17-31,64H2,1-4H3,(H2,65,98)(H,87,102)(H,88,103)(H,89,104)(H,90,99)(H,91,100)(H,92,101)(H,93,105)(H,94,106)(H,95,107)(H,96,109)(H,97,108)(H4,66,67,80)(H4,68,69,81)(H4,70,71,82)(H4,72,73,83)(H4,74,75,84)(H4,76,77,85)(H4,78,79,86)/t32-,33-,34-,35-,37-,38-,39-,40-,41-,42-,43-,44-/m0/s1. The Kier molecular flexibility index (Phi) is 45.0. The van der Waals surface area contributed by atoms with Crippen molar-refractivity contribution in [2.45, 2.75) is 197 Å². The normalized spacial score (nSPS) is 14.0. The lowest BCUT2D eigenvalue weighted by Crippen LogP contribution is -2.60. The van der Waals surface area contributed by atoms with Crippen molar-refractivity contribution in [3.63, 3.8) is 0 Å². The van der Waals surface area contributed by atoms with Gasteiger partial charge in [0, 0.05) is 52.2 Å². The molecule has 610 valence electrons. The van der Waals surface area contributed by atoms with Crippen LogP contribution in [-0.2, 0) is 64.0 Å². The van der Waals surface area contributed by atoms with Crippen LogP contribution in [-0.4, -0.2) is 231 Å². The van der Waals surface area contributed by atoms with Crippen LogP contribution >= 0.6 is 0 Å². The summed E-state index contributed by atoms with van der Waals surface area (Å²) in [4.78, 5) is 195. The number of amides is 12. The van der Waals surface area contributed by atoms with Gasteiger partial charge in [-0.2, -0.15) is 0 Å². The number of rotatable bonds is 53. The Balaban J connectivity index is 3.97. The van der Waals surface area contributed by atoms with Gasteiger partial charge >= 0.3 is 0 Å². The van der Waals surface area contributed by atoms with E-state index >= 15 is 0 Å². The van der Waals surface area contributed by atoms with E-state index in [1.165, 1.54) is 27.7 Å². The SMILES string of the molecule is C[C@H](N)C(=O)N[C@@H](CCCN=C(N)N)C(=O)N[C@@H](C)C(=O)N[C@@H](CCCN=C(N)N)C(=O)N[C@@H](CCCN=C(N)N)C(=O)N[C@@H](CCCN=C(N)N)C(=O)N[C@@H](CCCN=C(N)N)C(=O)N[C@@H](Cc1ccccc1)C(=O)N[C@@H](CCCN=C(N)N)C(=O)N[C@@H](C)C(=O)N[C@@H](CCCN=C(N)N)C(=O)N[C@@H](C)C(N)=O. The van der Waals surface area contributed by atoms with E-state index < -0.39 is 143 Å². The van der Waals surface area contributed by atoms with Crippen LogP contribution in [0.3, 0.4) is 0 Å². The molecular formula is C63H116N34O12. The first-order valence-corrected chi connectivity index (χ1v) is 35.1. The van der Waals surface area contributed by atoms with Crippen LogP contribution < -0.4 is 150 Å². The molecule has 1 aromatic rings. The van der Waals surface area contributed by atoms with E-state index in [4.69, 9.17) is 91.7 Å². The van der Waals surface area contributed by atoms with Gasteiger partial charge in [0.1, 0.15) is 66.5 Å². The second-order valence-electron chi connectivity index (χ2n) is 25.2. The number of carbonyl (C=O) groups is 12. The Hall–Kier alpha value is -12.3. The smallest absolute Gasteiger partial charge is 0.243 e. The van der Waals surface area contributed by atoms with Gasteiger partial charge in [0.15, 0.2) is 41.7 Å². The monoisotopic (exact) mass is 1540 g/mol. The zero-order chi connectivity index (χ0) is 82.3. The second kappa shape index (κ2) is 51.8. The van der Waals surface area contributed by atoms with Crippen molar-refractivity contribution >= 4 is 113 Å². The van der Waals surface area contributed by atoms with Crippen LogP contribution in [0.15, 0.2) is 65.3 Å². The maximum Gasteiger partial charge on any atom is 0.243 e. The van der Waals surface area contributed by atoms with Crippen molar-refractivity contribution in [3.05, 3.63) is 35.9 Å². The fraction of sp³-hybridized carbons (Fsp3) is 0.603. The molecule has 0 aliphatic carbocycles. The molecule has 0 aliphatic rings. The van der Waals surface area contributed by atoms with Crippen molar-refractivity contribution in [1.29, 1.82) is 0 Å². The van der Waals surface area contributed by atoms with Gasteiger partial charge in [0.05, 0.1) is 6.04 Å². The van der Waals surface area contributed by atoms with E-state index in [-0.39, 0.29) is 184 Å². The highest BCUT2D eigenvalue weighted by atomic mass is 16.2. The predicted molar refractivity (Wildman–Crippen MR) is 411 cm³/mol. The average Bonchev–Trinajstić information content (AvgIpc) is 0.870. The van der Waals surface area contributed by atoms with Gasteiger partial charge in [-0.05, 0) is 123 Å². The third-order valence-electron chi connectivity index (χ3n) is 15.7. The lowest BCUT2D eigenvalue weighted by molar-refractivity contribution is -0.136. The maximum absolute atomic E-state index is 15.0. The Morgan fingerprint density at radius 1 is 0.266 bits per heavy atom. The molecule has 0 fully saturated rings. The highest BCUT2D eigenvalue weighted by Gasteiger charge is 2.36. The summed E-state index contributed by atoms with van der Waals surface area (Å²) >= 11 is 0. The molecule has 0 radical (unpaired) electrons. The quantitative estimate of drug-likeness (QED) is 0.0164. The Morgan fingerprint density at radius 2 is 0.459 bits per heavy atom. The fourth-order valence-corrected chi connectivity index (χ4v) is 9.87. The third kappa shape index (κ3) is 42.5. The largest absolute Gasteiger partial charge is 0.370 e. The average molecular weight is 1540 g/mol. The molecule has 0 unspecified atom stereocenters. The van der Waals surface area contributed by atoms with E-state index in [1.807, 2.05) is 0 Å². The molecule has 109 heavy (non-hydrogen) atoms. The first-order valence-electron chi connectivity index (χ1n) is 35.1. The molecule has 0 aliphatic heterocycles. The maximum atomic E-state index is 15.0. The van der Waals surface area contributed by atoms with Gasteiger partial charge in [-0.25, -0.2) is 0 Å². The number of nitrogens with one attached hydrogen (secondary N) is 11. The molecule has 0 saturated heterocycles. The number of primary amides is 1. The van der Waals surface area contributed by atoms with Crippen LogP contribution in [0.5, 0.6) is 0 Å². The summed E-state index contributed by atoms with van der Waals surface area (Å²) in [7, 11) is 0. The van der Waals surface area contributed by atoms with Crippen molar-refractivity contribution in [1.82, 2.24) is 58.5 Å². The molecule has 1 rings (SSSR count). The minimum absolute atomic E-state index is 0.00961. The number of nitrogens with two attached hydrogens (primary N) is 16. The van der Waals surface area contributed by atoms with E-state index in [9.17, 15) is 57.5 Å². The molecule has 0 bridgehead atoms. The second-order valence-corrected chi connectivity index (χ2v) is 25.2. The predicted octanol–water partition coefficient (Wildman–Crippen LogP) is -12.2. The van der Waals surface area contributed by atoms with Crippen LogP contribution in [0.2, 0.25) is 0 Å². The molecule has 1 aromatic carbocycles. The zero-order valence-electron chi connectivity index (χ0n) is 62.1. The lowest BCUT2D eigenvalue weighted by Gasteiger charge is -2.28. The molecule has 12 atom stereocenters. The van der Waals surface area contributed by atoms with Gasteiger partial charge in [-0.15, -0.1) is 0 Å². The number of carbonyl (C=O) groups excluding carboxylic acids is 12. The first kappa shape index (κ1) is 94.7. The van der Waals surface area contributed by atoms with E-state index in [1.54, 1.807) is 30.3 Å². The number of guanidine groups is 7. The topological polar surface area (TPSA) is 840 Å². The summed E-state index contributed by atoms with van der Waals surface area (Å²) in [5.74, 6) is -12.6. The van der Waals surface area contributed by atoms with E-state index in [0.717, 1.165) is 0 Å². The Bertz CT molecular complexity index is 3340. The summed E-state index contributed by atoms with van der Waals surface area (Å²) in [6, 6.07) is -8.30. The fourth-order valence-electron chi connectivity index (χ4n) is 9.87. The molecule has 0 saturated carbocycles. The van der Waals surface area contributed by atoms with Gasteiger partial charge in [-0.1, -0.05) is 30.3 Å². The minimum atomic E-state index is -1.57. The number of benzene rings is 1. The third-order valence-corrected chi connectivity index (χ3v) is 15.7. The van der Waals surface area contributed by atoms with Gasteiger partial charge < -0.3 is 150 Å². The molecule has 43 N–H and O–H groups in total. The molecule has 46 heteroatoms. The van der Waals surface area contributed by atoms with Crippen LogP contribution in [0, 0.1) is 0 Å². The molecule has 46 nitrogen and oxygen atoms in total. The molecule has 12 amide bonds. The van der Waals surface area contributed by atoms with Crippen molar-refractivity contribution in [2.75, 3.05) is 45.8 Å². The number of aliphatic imine (C=N–C) groups is 7. The van der Waals surface area contributed by atoms with Crippen LogP contribution in [0.1, 0.15) is 123 Å². The summed E-state index contributed by atoms with van der Waals surface area (Å²) in [5, 5.41) is 28.5. The number of hydrogen-bond donors (Lipinski definition) is 27. The molecule has 0 heterocycles. The van der Waals surface area contributed by atoms with Crippen molar-refractivity contribution in [2.24, 2.45) is 127 Å². The molecule has 0 spiro atoms. The lowest BCUT2D eigenvalue weighted by atomic mass is 10.0. The summed E-state index contributed by atoms with van der Waals surface area (Å²) in [5.41, 5.74) is 89.4. The van der Waals surface area contributed by atoms with E-state index in [2.05, 4.69) is 93.4 Å². The summed E-state index contributed by atoms with van der Waals surface area (Å²) in [6.45, 7) is 5.19. The molecule has 0 aromatic heterocycles. The molecular weight excluding hydrogens is 1420 g/mol. The highest BCUT2D eigenvalue weighted by Crippen LogP contribution is 2.13. The number of hydrogen-bond acceptors (Lipinski definition) is 20. The van der Waals surface area contributed by atoms with Gasteiger partial charge in [0.25, 0.3) is 0 Å². The van der Waals surface area contributed by atoms with Crippen LogP contribution in [0.25, 0.3) is 0 Å². The Morgan fingerprint density at radius 3 is 0.679 bits per heavy atom.